The van der Waals surface area contributed by atoms with Crippen molar-refractivity contribution in [3.8, 4) is 0 Å². The molecular formula is C14H21ClN4OS. The second-order valence-electron chi connectivity index (χ2n) is 5.69. The number of hydrogen-bond acceptors (Lipinski definition) is 4. The highest BCUT2D eigenvalue weighted by molar-refractivity contribution is 7.16. The summed E-state index contributed by atoms with van der Waals surface area (Å²) in [6.07, 6.45) is 0.919. The Morgan fingerprint density at radius 1 is 1.52 bits per heavy atom. The molecule has 0 bridgehead atoms. The standard InChI is InChI=1S/C14H21ClN4OS/c1-2-10(16)13(11-3-4-12(15)21-11)18-5-6-19-9(8-18)7-17-14(19)20/h3-4,9-10,13H,2,5-8,16H2,1H3,(H,17,20). The van der Waals surface area contributed by atoms with Gasteiger partial charge in [-0.25, -0.2) is 4.79 Å². The van der Waals surface area contributed by atoms with E-state index in [1.54, 1.807) is 11.3 Å². The summed E-state index contributed by atoms with van der Waals surface area (Å²) in [6.45, 7) is 5.34. The van der Waals surface area contributed by atoms with Gasteiger partial charge in [-0.3, -0.25) is 4.90 Å². The fourth-order valence-corrected chi connectivity index (χ4v) is 4.53. The third kappa shape index (κ3) is 2.90. The quantitative estimate of drug-likeness (QED) is 0.887. The smallest absolute Gasteiger partial charge is 0.317 e. The number of nitrogens with zero attached hydrogens (tertiary/aromatic N) is 2. The SMILES string of the molecule is CCC(N)C(c1ccc(Cl)s1)N1CCN2C(=O)NCC2C1. The van der Waals surface area contributed by atoms with Crippen molar-refractivity contribution in [2.45, 2.75) is 31.5 Å². The van der Waals surface area contributed by atoms with E-state index in [1.807, 2.05) is 11.0 Å². The second kappa shape index (κ2) is 6.12. The normalized spacial score (nSPS) is 25.6. The third-order valence-electron chi connectivity index (χ3n) is 4.42. The van der Waals surface area contributed by atoms with Gasteiger partial charge in [0.25, 0.3) is 0 Å². The maximum Gasteiger partial charge on any atom is 0.317 e. The van der Waals surface area contributed by atoms with Crippen molar-refractivity contribution in [3.63, 3.8) is 0 Å². The number of thiophene rings is 1. The van der Waals surface area contributed by atoms with Crippen LogP contribution in [0, 0.1) is 0 Å². The Balaban J connectivity index is 1.79. The number of carbonyl (C=O) groups is 1. The molecule has 2 saturated heterocycles. The van der Waals surface area contributed by atoms with Crippen LogP contribution in [0.2, 0.25) is 4.34 Å². The van der Waals surface area contributed by atoms with Crippen LogP contribution in [0.25, 0.3) is 0 Å². The van der Waals surface area contributed by atoms with Gasteiger partial charge in [-0.05, 0) is 18.6 Å². The molecule has 2 aliphatic heterocycles. The molecule has 116 valence electrons. The molecule has 2 amide bonds. The molecule has 0 aromatic carbocycles. The zero-order valence-electron chi connectivity index (χ0n) is 12.1. The van der Waals surface area contributed by atoms with Crippen LogP contribution in [-0.4, -0.2) is 54.1 Å². The van der Waals surface area contributed by atoms with Crippen LogP contribution >= 0.6 is 22.9 Å². The lowest BCUT2D eigenvalue weighted by Crippen LogP contribution is -2.55. The minimum absolute atomic E-state index is 0.0650. The largest absolute Gasteiger partial charge is 0.336 e. The fourth-order valence-electron chi connectivity index (χ4n) is 3.25. The third-order valence-corrected chi connectivity index (χ3v) is 5.72. The molecule has 3 rings (SSSR count). The van der Waals surface area contributed by atoms with Crippen LogP contribution in [0.1, 0.15) is 24.3 Å². The topological polar surface area (TPSA) is 61.6 Å². The Kier molecular flexibility index (Phi) is 4.40. The summed E-state index contributed by atoms with van der Waals surface area (Å²) in [5.74, 6) is 0. The Hall–Kier alpha value is -0.820. The predicted octanol–water partition coefficient (Wildman–Crippen LogP) is 1.89. The lowest BCUT2D eigenvalue weighted by atomic mass is 10.0. The molecule has 0 radical (unpaired) electrons. The number of halogens is 1. The van der Waals surface area contributed by atoms with Crippen molar-refractivity contribution >= 4 is 29.0 Å². The van der Waals surface area contributed by atoms with E-state index >= 15 is 0 Å². The van der Waals surface area contributed by atoms with Gasteiger partial charge in [0.15, 0.2) is 0 Å². The molecule has 3 atom stereocenters. The first kappa shape index (κ1) is 15.1. The number of hydrogen-bond donors (Lipinski definition) is 2. The van der Waals surface area contributed by atoms with E-state index in [1.165, 1.54) is 4.88 Å². The number of piperazine rings is 1. The first-order valence-electron chi connectivity index (χ1n) is 7.39. The minimum Gasteiger partial charge on any atom is -0.336 e. The Labute approximate surface area is 134 Å². The zero-order chi connectivity index (χ0) is 15.0. The second-order valence-corrected chi connectivity index (χ2v) is 7.43. The van der Waals surface area contributed by atoms with E-state index < -0.39 is 0 Å². The number of urea groups is 1. The van der Waals surface area contributed by atoms with Gasteiger partial charge in [0.1, 0.15) is 0 Å². The molecule has 2 aliphatic rings. The lowest BCUT2D eigenvalue weighted by molar-refractivity contribution is 0.0779. The van der Waals surface area contributed by atoms with Crippen LogP contribution in [0.15, 0.2) is 12.1 Å². The number of carbonyl (C=O) groups excluding carboxylic acids is 1. The van der Waals surface area contributed by atoms with E-state index in [0.717, 1.165) is 36.9 Å². The van der Waals surface area contributed by atoms with Gasteiger partial charge in [-0.2, -0.15) is 0 Å². The fraction of sp³-hybridized carbons (Fsp3) is 0.643. The molecule has 7 heteroatoms. The van der Waals surface area contributed by atoms with Crippen LogP contribution in [0.3, 0.4) is 0 Å². The van der Waals surface area contributed by atoms with Gasteiger partial charge in [-0.15, -0.1) is 11.3 Å². The summed E-state index contributed by atoms with van der Waals surface area (Å²) >= 11 is 7.70. The summed E-state index contributed by atoms with van der Waals surface area (Å²) in [7, 11) is 0. The van der Waals surface area contributed by atoms with Crippen molar-refractivity contribution in [3.05, 3.63) is 21.3 Å². The Morgan fingerprint density at radius 3 is 3.00 bits per heavy atom. The average Bonchev–Trinajstić information content (AvgIpc) is 3.06. The highest BCUT2D eigenvalue weighted by Crippen LogP contribution is 2.34. The molecule has 21 heavy (non-hydrogen) atoms. The summed E-state index contributed by atoms with van der Waals surface area (Å²) < 4.78 is 0.801. The van der Waals surface area contributed by atoms with Crippen LogP contribution in [0.5, 0.6) is 0 Å². The molecular weight excluding hydrogens is 308 g/mol. The van der Waals surface area contributed by atoms with Gasteiger partial charge < -0.3 is 16.0 Å². The Bertz CT molecular complexity index is 523. The molecule has 1 aromatic heterocycles. The van der Waals surface area contributed by atoms with Crippen molar-refractivity contribution in [2.24, 2.45) is 5.73 Å². The molecule has 0 saturated carbocycles. The average molecular weight is 329 g/mol. The van der Waals surface area contributed by atoms with E-state index in [4.69, 9.17) is 17.3 Å². The van der Waals surface area contributed by atoms with Crippen LogP contribution in [-0.2, 0) is 0 Å². The molecule has 3 N–H and O–H groups in total. The van der Waals surface area contributed by atoms with Gasteiger partial charge >= 0.3 is 6.03 Å². The first-order valence-corrected chi connectivity index (χ1v) is 8.59. The highest BCUT2D eigenvalue weighted by atomic mass is 35.5. The highest BCUT2D eigenvalue weighted by Gasteiger charge is 2.39. The number of amides is 2. The van der Waals surface area contributed by atoms with Gasteiger partial charge in [0, 0.05) is 37.1 Å². The molecule has 3 heterocycles. The molecule has 3 unspecified atom stereocenters. The lowest BCUT2D eigenvalue weighted by Gasteiger charge is -2.42. The van der Waals surface area contributed by atoms with Crippen molar-refractivity contribution < 1.29 is 4.79 Å². The van der Waals surface area contributed by atoms with Crippen molar-refractivity contribution in [2.75, 3.05) is 26.2 Å². The maximum absolute atomic E-state index is 11.7. The van der Waals surface area contributed by atoms with Gasteiger partial charge in [0.05, 0.1) is 16.4 Å². The molecule has 0 aliphatic carbocycles. The summed E-state index contributed by atoms with van der Waals surface area (Å²) in [5.41, 5.74) is 6.38. The predicted molar refractivity (Wildman–Crippen MR) is 85.8 cm³/mol. The molecule has 2 fully saturated rings. The van der Waals surface area contributed by atoms with Crippen LogP contribution < -0.4 is 11.1 Å². The number of nitrogens with two attached hydrogens (primary N) is 1. The van der Waals surface area contributed by atoms with E-state index in [0.29, 0.717) is 0 Å². The van der Waals surface area contributed by atoms with Crippen molar-refractivity contribution in [1.82, 2.24) is 15.1 Å². The summed E-state index contributed by atoms with van der Waals surface area (Å²) in [6, 6.07) is 4.61. The van der Waals surface area contributed by atoms with E-state index in [9.17, 15) is 4.79 Å². The minimum atomic E-state index is 0.0650. The van der Waals surface area contributed by atoms with Gasteiger partial charge in [0.2, 0.25) is 0 Å². The summed E-state index contributed by atoms with van der Waals surface area (Å²) in [4.78, 5) is 17.3. The number of nitrogens with one attached hydrogen (secondary N) is 1. The first-order chi connectivity index (χ1) is 10.1. The molecule has 1 aromatic rings. The van der Waals surface area contributed by atoms with Crippen molar-refractivity contribution in [1.29, 1.82) is 0 Å². The molecule has 0 spiro atoms. The van der Waals surface area contributed by atoms with Crippen LogP contribution in [0.4, 0.5) is 4.79 Å². The van der Waals surface area contributed by atoms with E-state index in [-0.39, 0.29) is 24.2 Å². The maximum atomic E-state index is 11.7. The number of fused-ring (bicyclic) bond motifs is 1. The summed E-state index contributed by atoms with van der Waals surface area (Å²) in [5, 5.41) is 2.92. The number of rotatable bonds is 4. The van der Waals surface area contributed by atoms with E-state index in [2.05, 4.69) is 23.2 Å². The zero-order valence-corrected chi connectivity index (χ0v) is 13.7. The Morgan fingerprint density at radius 2 is 2.33 bits per heavy atom. The monoisotopic (exact) mass is 328 g/mol. The van der Waals surface area contributed by atoms with Gasteiger partial charge in [-0.1, -0.05) is 18.5 Å². The molecule has 5 nitrogen and oxygen atoms in total.